The molecule has 0 saturated carbocycles. The molecule has 1 N–H and O–H groups in total. The van der Waals surface area contributed by atoms with E-state index in [-0.39, 0.29) is 0 Å². The molecule has 0 fully saturated rings. The third-order valence-corrected chi connectivity index (χ3v) is 3.72. The average Bonchev–Trinajstić information content (AvgIpc) is 2.46. The number of ether oxygens (including phenoxy) is 1. The summed E-state index contributed by atoms with van der Waals surface area (Å²) in [7, 11) is 1.63. The molecule has 0 saturated heterocycles. The van der Waals surface area contributed by atoms with Gasteiger partial charge in [0.25, 0.3) is 0 Å². The van der Waals surface area contributed by atoms with Gasteiger partial charge in [0, 0.05) is 10.6 Å². The zero-order valence-corrected chi connectivity index (χ0v) is 11.1. The van der Waals surface area contributed by atoms with Crippen LogP contribution in [0.2, 0.25) is 0 Å². The fourth-order valence-corrected chi connectivity index (χ4v) is 2.53. The molecule has 0 aliphatic rings. The van der Waals surface area contributed by atoms with Crippen LogP contribution in [0, 0.1) is 0 Å². The van der Waals surface area contributed by atoms with Gasteiger partial charge in [0.15, 0.2) is 0 Å². The number of hydrogen-bond donors (Lipinski definition) is 1. The van der Waals surface area contributed by atoms with Gasteiger partial charge in [-0.25, -0.2) is 0 Å². The Balaban J connectivity index is 1.97. The molecule has 18 heavy (non-hydrogen) atoms. The summed E-state index contributed by atoms with van der Waals surface area (Å²) in [6, 6.07) is 17.6. The molecule has 0 spiro atoms. The minimum absolute atomic E-state index is 0.481. The van der Waals surface area contributed by atoms with E-state index >= 15 is 0 Å². The Morgan fingerprint density at radius 1 is 1.11 bits per heavy atom. The van der Waals surface area contributed by atoms with Crippen molar-refractivity contribution in [3.8, 4) is 5.75 Å². The highest BCUT2D eigenvalue weighted by Crippen LogP contribution is 2.26. The fourth-order valence-electron chi connectivity index (χ4n) is 1.64. The molecular weight excluding hydrogens is 244 g/mol. The monoisotopic (exact) mass is 260 g/mol. The van der Waals surface area contributed by atoms with Gasteiger partial charge in [-0.3, -0.25) is 0 Å². The molecule has 1 atom stereocenters. The van der Waals surface area contributed by atoms with Crippen molar-refractivity contribution in [2.45, 2.75) is 11.0 Å². The van der Waals surface area contributed by atoms with E-state index < -0.39 is 6.10 Å². The molecule has 2 nitrogen and oxygen atoms in total. The summed E-state index contributed by atoms with van der Waals surface area (Å²) in [6.07, 6.45) is -0.481. The van der Waals surface area contributed by atoms with Crippen molar-refractivity contribution in [1.29, 1.82) is 0 Å². The Morgan fingerprint density at radius 2 is 1.89 bits per heavy atom. The minimum Gasteiger partial charge on any atom is -0.497 e. The molecular formula is C15H16O2S. The molecule has 3 heteroatoms. The van der Waals surface area contributed by atoms with E-state index in [0.29, 0.717) is 5.75 Å². The van der Waals surface area contributed by atoms with Gasteiger partial charge in [0.1, 0.15) is 5.75 Å². The van der Waals surface area contributed by atoms with Crippen LogP contribution in [0.25, 0.3) is 0 Å². The van der Waals surface area contributed by atoms with Gasteiger partial charge in [-0.15, -0.1) is 11.8 Å². The molecule has 2 aromatic rings. The second-order valence-corrected chi connectivity index (χ2v) is 5.01. The van der Waals surface area contributed by atoms with Crippen molar-refractivity contribution >= 4 is 11.8 Å². The summed E-state index contributed by atoms with van der Waals surface area (Å²) in [5.41, 5.74) is 0.887. The largest absolute Gasteiger partial charge is 0.497 e. The Hall–Kier alpha value is -1.45. The first kappa shape index (κ1) is 13.0. The van der Waals surface area contributed by atoms with Gasteiger partial charge in [-0.05, 0) is 29.8 Å². The number of benzene rings is 2. The second-order valence-electron chi connectivity index (χ2n) is 3.92. The van der Waals surface area contributed by atoms with Gasteiger partial charge < -0.3 is 9.84 Å². The van der Waals surface area contributed by atoms with Crippen LogP contribution in [-0.2, 0) is 0 Å². The first-order valence-electron chi connectivity index (χ1n) is 5.79. The zero-order valence-electron chi connectivity index (χ0n) is 10.2. The van der Waals surface area contributed by atoms with Crippen LogP contribution in [0.1, 0.15) is 11.7 Å². The van der Waals surface area contributed by atoms with Gasteiger partial charge in [0.2, 0.25) is 0 Å². The van der Waals surface area contributed by atoms with Crippen LogP contribution in [0.5, 0.6) is 5.75 Å². The van der Waals surface area contributed by atoms with E-state index in [1.165, 1.54) is 4.90 Å². The normalized spacial score (nSPS) is 12.1. The van der Waals surface area contributed by atoms with Crippen molar-refractivity contribution in [2.24, 2.45) is 0 Å². The standard InChI is InChI=1S/C15H16O2S/c1-17-13-7-5-6-12(10-13)15(16)11-18-14-8-3-2-4-9-14/h2-10,15-16H,11H2,1H3. The van der Waals surface area contributed by atoms with Crippen LogP contribution in [-0.4, -0.2) is 18.0 Å². The van der Waals surface area contributed by atoms with E-state index in [1.54, 1.807) is 18.9 Å². The van der Waals surface area contributed by atoms with E-state index in [1.807, 2.05) is 54.6 Å². The summed E-state index contributed by atoms with van der Waals surface area (Å²) in [5.74, 6) is 1.41. The fraction of sp³-hybridized carbons (Fsp3) is 0.200. The Bertz CT molecular complexity index is 485. The highest BCUT2D eigenvalue weighted by Gasteiger charge is 2.08. The lowest BCUT2D eigenvalue weighted by atomic mass is 10.1. The smallest absolute Gasteiger partial charge is 0.119 e. The number of methoxy groups -OCH3 is 1. The molecule has 0 amide bonds. The highest BCUT2D eigenvalue weighted by atomic mass is 32.2. The van der Waals surface area contributed by atoms with Crippen LogP contribution < -0.4 is 4.74 Å². The van der Waals surface area contributed by atoms with Crippen molar-refractivity contribution < 1.29 is 9.84 Å². The maximum absolute atomic E-state index is 10.1. The van der Waals surface area contributed by atoms with E-state index in [0.717, 1.165) is 11.3 Å². The number of aliphatic hydroxyl groups is 1. The van der Waals surface area contributed by atoms with Crippen molar-refractivity contribution in [1.82, 2.24) is 0 Å². The maximum atomic E-state index is 10.1. The Kier molecular flexibility index (Phi) is 4.67. The lowest BCUT2D eigenvalue weighted by Crippen LogP contribution is -2.00. The Labute approximate surface area is 112 Å². The highest BCUT2D eigenvalue weighted by molar-refractivity contribution is 7.99. The summed E-state index contributed by atoms with van der Waals surface area (Å²) in [6.45, 7) is 0. The van der Waals surface area contributed by atoms with Crippen LogP contribution in [0.4, 0.5) is 0 Å². The molecule has 0 heterocycles. The molecule has 0 aliphatic heterocycles. The molecule has 0 aliphatic carbocycles. The van der Waals surface area contributed by atoms with E-state index in [2.05, 4.69) is 0 Å². The summed E-state index contributed by atoms with van der Waals surface area (Å²) in [4.78, 5) is 1.17. The van der Waals surface area contributed by atoms with Gasteiger partial charge in [-0.2, -0.15) is 0 Å². The summed E-state index contributed by atoms with van der Waals surface area (Å²) >= 11 is 1.65. The van der Waals surface area contributed by atoms with E-state index in [4.69, 9.17) is 4.74 Å². The van der Waals surface area contributed by atoms with Gasteiger partial charge >= 0.3 is 0 Å². The topological polar surface area (TPSA) is 29.5 Å². The SMILES string of the molecule is COc1cccc(C(O)CSc2ccccc2)c1. The van der Waals surface area contributed by atoms with Gasteiger partial charge in [0.05, 0.1) is 13.2 Å². The predicted octanol–water partition coefficient (Wildman–Crippen LogP) is 3.52. The Morgan fingerprint density at radius 3 is 2.61 bits per heavy atom. The molecule has 94 valence electrons. The molecule has 0 aromatic heterocycles. The van der Waals surface area contributed by atoms with E-state index in [9.17, 15) is 5.11 Å². The number of aliphatic hydroxyl groups excluding tert-OH is 1. The number of hydrogen-bond acceptors (Lipinski definition) is 3. The van der Waals surface area contributed by atoms with Crippen LogP contribution in [0.15, 0.2) is 59.5 Å². The minimum atomic E-state index is -0.481. The molecule has 2 rings (SSSR count). The lowest BCUT2D eigenvalue weighted by molar-refractivity contribution is 0.203. The first-order valence-corrected chi connectivity index (χ1v) is 6.78. The molecule has 2 aromatic carbocycles. The zero-order chi connectivity index (χ0) is 12.8. The summed E-state index contributed by atoms with van der Waals surface area (Å²) in [5, 5.41) is 10.1. The lowest BCUT2D eigenvalue weighted by Gasteiger charge is -2.11. The second kappa shape index (κ2) is 6.47. The molecule has 0 bridgehead atoms. The average molecular weight is 260 g/mol. The van der Waals surface area contributed by atoms with Crippen LogP contribution in [0.3, 0.4) is 0 Å². The van der Waals surface area contributed by atoms with Crippen LogP contribution >= 0.6 is 11.8 Å². The molecule has 0 radical (unpaired) electrons. The quantitative estimate of drug-likeness (QED) is 0.834. The number of rotatable bonds is 5. The molecule has 1 unspecified atom stereocenters. The predicted molar refractivity (Wildman–Crippen MR) is 75.1 cm³/mol. The first-order chi connectivity index (χ1) is 8.79. The third-order valence-electron chi connectivity index (χ3n) is 2.63. The summed E-state index contributed by atoms with van der Waals surface area (Å²) < 4.78 is 5.15. The maximum Gasteiger partial charge on any atom is 0.119 e. The third kappa shape index (κ3) is 3.52. The van der Waals surface area contributed by atoms with Crippen molar-refractivity contribution in [3.05, 3.63) is 60.2 Å². The van der Waals surface area contributed by atoms with Gasteiger partial charge in [-0.1, -0.05) is 30.3 Å². The number of thioether (sulfide) groups is 1. The van der Waals surface area contributed by atoms with Crippen molar-refractivity contribution in [2.75, 3.05) is 12.9 Å². The van der Waals surface area contributed by atoms with Crippen molar-refractivity contribution in [3.63, 3.8) is 0 Å².